The summed E-state index contributed by atoms with van der Waals surface area (Å²) in [5.41, 5.74) is 2.35. The van der Waals surface area contributed by atoms with E-state index in [2.05, 4.69) is 40.3 Å². The number of aryl methyl sites for hydroxylation is 1. The fraction of sp³-hybridized carbons (Fsp3) is 0.353. The summed E-state index contributed by atoms with van der Waals surface area (Å²) in [7, 11) is 3.97. The SMILES string of the molecule is CC(=O)c1ncc(C(=O)NC[C@H](c2cccc(C)c2)N(C)C)s1. The third-order valence-corrected chi connectivity index (χ3v) is 4.63. The highest BCUT2D eigenvalue weighted by atomic mass is 32.1. The van der Waals surface area contributed by atoms with Crippen molar-refractivity contribution in [2.24, 2.45) is 0 Å². The smallest absolute Gasteiger partial charge is 0.263 e. The number of amides is 1. The van der Waals surface area contributed by atoms with Gasteiger partial charge in [-0.2, -0.15) is 0 Å². The number of rotatable bonds is 6. The number of benzene rings is 1. The van der Waals surface area contributed by atoms with Crippen LogP contribution in [0.3, 0.4) is 0 Å². The predicted octanol–water partition coefficient (Wildman–Crippen LogP) is 2.69. The third kappa shape index (κ3) is 4.46. The summed E-state index contributed by atoms with van der Waals surface area (Å²) in [4.78, 5) is 30.0. The standard InChI is InChI=1S/C17H21N3O2S/c1-11-6-5-7-13(8-11)14(20(3)4)9-18-16(22)15-10-19-17(23-15)12(2)21/h5-8,10,14H,9H2,1-4H3,(H,18,22)/t14-/m1/s1. The van der Waals surface area contributed by atoms with Crippen LogP contribution in [0.15, 0.2) is 30.5 Å². The van der Waals surface area contributed by atoms with Gasteiger partial charge < -0.3 is 10.2 Å². The van der Waals surface area contributed by atoms with Gasteiger partial charge in [0.1, 0.15) is 4.88 Å². The van der Waals surface area contributed by atoms with E-state index in [0.717, 1.165) is 16.9 Å². The van der Waals surface area contributed by atoms with E-state index in [-0.39, 0.29) is 17.7 Å². The molecule has 23 heavy (non-hydrogen) atoms. The minimum atomic E-state index is -0.200. The van der Waals surface area contributed by atoms with Crippen molar-refractivity contribution >= 4 is 23.0 Å². The maximum absolute atomic E-state index is 12.2. The molecule has 6 heteroatoms. The fourth-order valence-corrected chi connectivity index (χ4v) is 3.02. The highest BCUT2D eigenvalue weighted by Crippen LogP contribution is 2.19. The van der Waals surface area contributed by atoms with Gasteiger partial charge in [-0.25, -0.2) is 4.98 Å². The van der Waals surface area contributed by atoms with E-state index < -0.39 is 0 Å². The lowest BCUT2D eigenvalue weighted by Crippen LogP contribution is -2.34. The Morgan fingerprint density at radius 1 is 1.35 bits per heavy atom. The summed E-state index contributed by atoms with van der Waals surface area (Å²) in [6, 6.07) is 8.33. The largest absolute Gasteiger partial charge is 0.349 e. The number of nitrogens with one attached hydrogen (secondary N) is 1. The van der Waals surface area contributed by atoms with Crippen molar-refractivity contribution in [3.8, 4) is 0 Å². The summed E-state index contributed by atoms with van der Waals surface area (Å²) in [6.45, 7) is 3.98. The summed E-state index contributed by atoms with van der Waals surface area (Å²) in [5, 5.41) is 3.29. The molecule has 1 aromatic heterocycles. The zero-order valence-corrected chi connectivity index (χ0v) is 14.6. The van der Waals surface area contributed by atoms with E-state index in [4.69, 9.17) is 0 Å². The molecule has 0 unspecified atom stereocenters. The molecular formula is C17H21N3O2S. The van der Waals surface area contributed by atoms with Gasteiger partial charge in [-0.1, -0.05) is 29.8 Å². The molecule has 2 aromatic rings. The third-order valence-electron chi connectivity index (χ3n) is 3.54. The van der Waals surface area contributed by atoms with Crippen LogP contribution in [0.4, 0.5) is 0 Å². The molecule has 0 aliphatic heterocycles. The summed E-state index contributed by atoms with van der Waals surface area (Å²) < 4.78 is 0. The summed E-state index contributed by atoms with van der Waals surface area (Å²) >= 11 is 1.12. The fourth-order valence-electron chi connectivity index (χ4n) is 2.29. The van der Waals surface area contributed by atoms with E-state index >= 15 is 0 Å². The quantitative estimate of drug-likeness (QED) is 0.827. The lowest BCUT2D eigenvalue weighted by Gasteiger charge is -2.25. The van der Waals surface area contributed by atoms with Gasteiger partial charge in [0.2, 0.25) is 0 Å². The van der Waals surface area contributed by atoms with Crippen LogP contribution in [-0.4, -0.2) is 42.2 Å². The lowest BCUT2D eigenvalue weighted by molar-refractivity contribution is 0.0945. The van der Waals surface area contributed by atoms with Crippen LogP contribution >= 0.6 is 11.3 Å². The van der Waals surface area contributed by atoms with E-state index in [9.17, 15) is 9.59 Å². The van der Waals surface area contributed by atoms with Gasteiger partial charge in [0.15, 0.2) is 10.8 Å². The molecular weight excluding hydrogens is 310 g/mol. The van der Waals surface area contributed by atoms with Crippen LogP contribution in [0.1, 0.15) is 43.6 Å². The molecule has 0 saturated carbocycles. The zero-order valence-electron chi connectivity index (χ0n) is 13.8. The highest BCUT2D eigenvalue weighted by Gasteiger charge is 2.18. The first-order chi connectivity index (χ1) is 10.9. The highest BCUT2D eigenvalue weighted by molar-refractivity contribution is 7.15. The Balaban J connectivity index is 2.06. The first-order valence-corrected chi connectivity index (χ1v) is 8.18. The number of Topliss-reactive ketones (excluding diaryl/α,β-unsaturated/α-hetero) is 1. The Labute approximate surface area is 140 Å². The second kappa shape index (κ2) is 7.48. The number of hydrogen-bond donors (Lipinski definition) is 1. The Morgan fingerprint density at radius 3 is 2.65 bits per heavy atom. The molecule has 0 aliphatic rings. The molecule has 0 aliphatic carbocycles. The van der Waals surface area contributed by atoms with Crippen LogP contribution in [-0.2, 0) is 0 Å². The van der Waals surface area contributed by atoms with Crippen LogP contribution in [0.2, 0.25) is 0 Å². The van der Waals surface area contributed by atoms with Gasteiger partial charge >= 0.3 is 0 Å². The van der Waals surface area contributed by atoms with Gasteiger partial charge in [0, 0.05) is 13.5 Å². The Bertz CT molecular complexity index is 709. The topological polar surface area (TPSA) is 62.3 Å². The first-order valence-electron chi connectivity index (χ1n) is 7.36. The molecule has 0 fully saturated rings. The zero-order chi connectivity index (χ0) is 17.0. The minimum Gasteiger partial charge on any atom is -0.349 e. The summed E-state index contributed by atoms with van der Waals surface area (Å²) in [5.74, 6) is -0.325. The molecule has 1 atom stereocenters. The minimum absolute atomic E-state index is 0.0825. The summed E-state index contributed by atoms with van der Waals surface area (Å²) in [6.07, 6.45) is 1.45. The number of likely N-dealkylation sites (N-methyl/N-ethyl adjacent to an activating group) is 1. The van der Waals surface area contributed by atoms with Gasteiger partial charge in [0.05, 0.1) is 12.2 Å². The number of nitrogens with zero attached hydrogens (tertiary/aromatic N) is 2. The van der Waals surface area contributed by atoms with Crippen LogP contribution in [0, 0.1) is 6.92 Å². The van der Waals surface area contributed by atoms with Crippen molar-refractivity contribution in [3.63, 3.8) is 0 Å². The molecule has 1 aromatic carbocycles. The van der Waals surface area contributed by atoms with Crippen LogP contribution in [0.25, 0.3) is 0 Å². The molecule has 122 valence electrons. The van der Waals surface area contributed by atoms with Gasteiger partial charge in [-0.05, 0) is 26.6 Å². The molecule has 1 amide bonds. The van der Waals surface area contributed by atoms with Crippen molar-refractivity contribution in [1.29, 1.82) is 0 Å². The van der Waals surface area contributed by atoms with E-state index in [1.54, 1.807) is 0 Å². The molecule has 2 rings (SSSR count). The number of thiazole rings is 1. The maximum atomic E-state index is 12.2. The molecule has 0 saturated heterocycles. The molecule has 0 radical (unpaired) electrons. The molecule has 0 spiro atoms. The molecule has 0 bridgehead atoms. The second-order valence-electron chi connectivity index (χ2n) is 5.69. The van der Waals surface area contributed by atoms with Gasteiger partial charge in [-0.15, -0.1) is 11.3 Å². The number of carbonyl (C=O) groups excluding carboxylic acids is 2. The van der Waals surface area contributed by atoms with Crippen molar-refractivity contribution in [3.05, 3.63) is 51.5 Å². The van der Waals surface area contributed by atoms with Crippen LogP contribution in [0.5, 0.6) is 0 Å². The number of aromatic nitrogens is 1. The molecule has 1 heterocycles. The van der Waals surface area contributed by atoms with Gasteiger partial charge in [-0.3, -0.25) is 9.59 Å². The Kier molecular flexibility index (Phi) is 5.63. The Hall–Kier alpha value is -2.05. The average molecular weight is 331 g/mol. The number of carbonyl (C=O) groups is 2. The van der Waals surface area contributed by atoms with Gasteiger partial charge in [0.25, 0.3) is 5.91 Å². The van der Waals surface area contributed by atoms with E-state index in [1.165, 1.54) is 18.7 Å². The normalized spacial score (nSPS) is 12.2. The van der Waals surface area contributed by atoms with Crippen molar-refractivity contribution in [1.82, 2.24) is 15.2 Å². The average Bonchev–Trinajstić information content (AvgIpc) is 2.97. The number of hydrogen-bond acceptors (Lipinski definition) is 5. The monoisotopic (exact) mass is 331 g/mol. The van der Waals surface area contributed by atoms with Crippen molar-refractivity contribution in [2.75, 3.05) is 20.6 Å². The molecule has 1 N–H and O–H groups in total. The first kappa shape index (κ1) is 17.3. The van der Waals surface area contributed by atoms with E-state index in [1.807, 2.05) is 20.2 Å². The molecule has 5 nitrogen and oxygen atoms in total. The number of ketones is 1. The maximum Gasteiger partial charge on any atom is 0.263 e. The van der Waals surface area contributed by atoms with E-state index in [0.29, 0.717) is 16.4 Å². The Morgan fingerprint density at radius 2 is 2.09 bits per heavy atom. The second-order valence-corrected chi connectivity index (χ2v) is 6.72. The predicted molar refractivity (Wildman–Crippen MR) is 92.1 cm³/mol. The lowest BCUT2D eigenvalue weighted by atomic mass is 10.0. The van der Waals surface area contributed by atoms with Crippen molar-refractivity contribution in [2.45, 2.75) is 19.9 Å². The van der Waals surface area contributed by atoms with Crippen LogP contribution < -0.4 is 5.32 Å². The van der Waals surface area contributed by atoms with Crippen molar-refractivity contribution < 1.29 is 9.59 Å².